The van der Waals surface area contributed by atoms with Gasteiger partial charge in [-0.05, 0) is 62.4 Å². The van der Waals surface area contributed by atoms with Gasteiger partial charge in [-0.1, -0.05) is 16.8 Å². The van der Waals surface area contributed by atoms with E-state index in [9.17, 15) is 9.18 Å². The minimum atomic E-state index is -1.28. The zero-order valence-electron chi connectivity index (χ0n) is 14.6. The molecule has 0 aliphatic rings. The van der Waals surface area contributed by atoms with E-state index in [-0.39, 0.29) is 12.5 Å². The van der Waals surface area contributed by atoms with E-state index < -0.39 is 17.4 Å². The van der Waals surface area contributed by atoms with E-state index in [4.69, 9.17) is 25.6 Å². The van der Waals surface area contributed by atoms with Crippen molar-refractivity contribution >= 4 is 17.6 Å². The lowest BCUT2D eigenvalue weighted by Gasteiger charge is -2.23. The van der Waals surface area contributed by atoms with Crippen molar-refractivity contribution in [1.29, 1.82) is 0 Å². The Balaban J connectivity index is 1.59. The molecule has 0 atom stereocenters. The molecule has 6 nitrogen and oxygen atoms in total. The first-order valence-corrected chi connectivity index (χ1v) is 8.41. The number of halogens is 2. The van der Waals surface area contributed by atoms with Crippen molar-refractivity contribution in [3.05, 3.63) is 65.3 Å². The van der Waals surface area contributed by atoms with Gasteiger partial charge in [0.2, 0.25) is 5.82 Å². The summed E-state index contributed by atoms with van der Waals surface area (Å²) in [6.45, 7) is 2.90. The van der Waals surface area contributed by atoms with Gasteiger partial charge in [0.05, 0.1) is 0 Å². The summed E-state index contributed by atoms with van der Waals surface area (Å²) >= 11 is 5.85. The average molecular weight is 391 g/mol. The summed E-state index contributed by atoms with van der Waals surface area (Å²) < 4.78 is 28.8. The normalized spacial score (nSPS) is 11.3. The standard InChI is InChI=1S/C19H16ClFN2O4/c1-19(2,26-15-9-7-14(21)8-10-15)18(24)25-11-16-22-17(23-27-16)12-3-5-13(20)6-4-12/h3-10H,11H2,1-2H3. The Bertz CT molecular complexity index is 924. The highest BCUT2D eigenvalue weighted by atomic mass is 35.5. The third-order valence-electron chi connectivity index (χ3n) is 3.58. The fourth-order valence-electron chi connectivity index (χ4n) is 2.17. The van der Waals surface area contributed by atoms with Gasteiger partial charge in [0, 0.05) is 10.6 Å². The summed E-state index contributed by atoms with van der Waals surface area (Å²) in [5.41, 5.74) is -0.558. The van der Waals surface area contributed by atoms with Crippen molar-refractivity contribution in [3.8, 4) is 17.1 Å². The first kappa shape index (κ1) is 18.8. The number of hydrogen-bond acceptors (Lipinski definition) is 6. The topological polar surface area (TPSA) is 74.5 Å². The van der Waals surface area contributed by atoms with Crippen molar-refractivity contribution in [3.63, 3.8) is 0 Å². The zero-order chi connectivity index (χ0) is 19.4. The molecule has 0 aliphatic carbocycles. The van der Waals surface area contributed by atoms with Crippen molar-refractivity contribution in [2.45, 2.75) is 26.1 Å². The van der Waals surface area contributed by atoms with E-state index in [1.54, 1.807) is 38.1 Å². The summed E-state index contributed by atoms with van der Waals surface area (Å²) in [5, 5.41) is 4.44. The van der Waals surface area contributed by atoms with Crippen LogP contribution in [0.4, 0.5) is 4.39 Å². The van der Waals surface area contributed by atoms with Crippen LogP contribution in [0.3, 0.4) is 0 Å². The minimum absolute atomic E-state index is 0.144. The minimum Gasteiger partial charge on any atom is -0.476 e. The highest BCUT2D eigenvalue weighted by Gasteiger charge is 2.32. The molecule has 27 heavy (non-hydrogen) atoms. The maximum Gasteiger partial charge on any atom is 0.350 e. The van der Waals surface area contributed by atoms with Crippen LogP contribution in [0.25, 0.3) is 11.4 Å². The molecule has 0 saturated heterocycles. The highest BCUT2D eigenvalue weighted by Crippen LogP contribution is 2.21. The number of rotatable bonds is 6. The quantitative estimate of drug-likeness (QED) is 0.579. The summed E-state index contributed by atoms with van der Waals surface area (Å²) in [6, 6.07) is 12.3. The first-order chi connectivity index (χ1) is 12.8. The van der Waals surface area contributed by atoms with Crippen LogP contribution < -0.4 is 4.74 Å². The van der Waals surface area contributed by atoms with E-state index in [0.29, 0.717) is 16.6 Å². The molecule has 1 heterocycles. The van der Waals surface area contributed by atoms with Crippen molar-refractivity contribution in [2.24, 2.45) is 0 Å². The van der Waals surface area contributed by atoms with Crippen LogP contribution in [-0.2, 0) is 16.1 Å². The van der Waals surface area contributed by atoms with Crippen LogP contribution in [0.1, 0.15) is 19.7 Å². The lowest BCUT2D eigenvalue weighted by Crippen LogP contribution is -2.39. The molecule has 0 radical (unpaired) electrons. The van der Waals surface area contributed by atoms with Crippen LogP contribution in [-0.4, -0.2) is 21.7 Å². The van der Waals surface area contributed by atoms with Crippen molar-refractivity contribution in [1.82, 2.24) is 10.1 Å². The molecule has 3 rings (SSSR count). The Kier molecular flexibility index (Phi) is 5.41. The summed E-state index contributed by atoms with van der Waals surface area (Å²) in [6.07, 6.45) is 0. The highest BCUT2D eigenvalue weighted by molar-refractivity contribution is 6.30. The van der Waals surface area contributed by atoms with E-state index in [2.05, 4.69) is 10.1 Å². The fraction of sp³-hybridized carbons (Fsp3) is 0.211. The number of carbonyl (C=O) groups excluding carboxylic acids is 1. The van der Waals surface area contributed by atoms with Crippen LogP contribution >= 0.6 is 11.6 Å². The molecule has 0 fully saturated rings. The number of carbonyl (C=O) groups is 1. The molecule has 2 aromatic carbocycles. The van der Waals surface area contributed by atoms with Gasteiger partial charge in [0.25, 0.3) is 5.89 Å². The molecule has 0 spiro atoms. The molecule has 3 aromatic rings. The van der Waals surface area contributed by atoms with Gasteiger partial charge in [-0.3, -0.25) is 0 Å². The van der Waals surface area contributed by atoms with E-state index >= 15 is 0 Å². The lowest BCUT2D eigenvalue weighted by atomic mass is 10.1. The van der Waals surface area contributed by atoms with Gasteiger partial charge in [-0.25, -0.2) is 9.18 Å². The van der Waals surface area contributed by atoms with Crippen LogP contribution in [0, 0.1) is 5.82 Å². The number of hydrogen-bond donors (Lipinski definition) is 0. The summed E-state index contributed by atoms with van der Waals surface area (Å²) in [7, 11) is 0. The van der Waals surface area contributed by atoms with Crippen LogP contribution in [0.2, 0.25) is 5.02 Å². The fourth-order valence-corrected chi connectivity index (χ4v) is 2.30. The van der Waals surface area contributed by atoms with E-state index in [1.165, 1.54) is 24.3 Å². The van der Waals surface area contributed by atoms with Gasteiger partial charge in [0.15, 0.2) is 12.2 Å². The Labute approximate surface area is 159 Å². The molecule has 0 N–H and O–H groups in total. The summed E-state index contributed by atoms with van der Waals surface area (Å²) in [4.78, 5) is 16.5. The van der Waals surface area contributed by atoms with Crippen LogP contribution in [0.15, 0.2) is 53.1 Å². The SMILES string of the molecule is CC(C)(Oc1ccc(F)cc1)C(=O)OCc1nc(-c2ccc(Cl)cc2)no1. The number of esters is 1. The van der Waals surface area contributed by atoms with E-state index in [1.807, 2.05) is 0 Å². The molecule has 0 bridgehead atoms. The Morgan fingerprint density at radius 2 is 1.81 bits per heavy atom. The lowest BCUT2D eigenvalue weighted by molar-refractivity contribution is -0.161. The van der Waals surface area contributed by atoms with Gasteiger partial charge >= 0.3 is 5.97 Å². The molecule has 140 valence electrons. The third-order valence-corrected chi connectivity index (χ3v) is 3.83. The van der Waals surface area contributed by atoms with Gasteiger partial charge in [-0.2, -0.15) is 4.98 Å². The van der Waals surface area contributed by atoms with Gasteiger partial charge < -0.3 is 14.0 Å². The van der Waals surface area contributed by atoms with Crippen LogP contribution in [0.5, 0.6) is 5.75 Å². The molecule has 0 saturated carbocycles. The number of nitrogens with zero attached hydrogens (tertiary/aromatic N) is 2. The average Bonchev–Trinajstić information content (AvgIpc) is 3.11. The molecule has 1 aromatic heterocycles. The second-order valence-electron chi connectivity index (χ2n) is 6.16. The number of aromatic nitrogens is 2. The predicted molar refractivity (Wildman–Crippen MR) is 95.6 cm³/mol. The third kappa shape index (κ3) is 4.83. The predicted octanol–water partition coefficient (Wildman–Crippen LogP) is 4.43. The Hall–Kier alpha value is -2.93. The maximum absolute atomic E-state index is 13.0. The number of benzene rings is 2. The van der Waals surface area contributed by atoms with Gasteiger partial charge in [-0.15, -0.1) is 0 Å². The largest absolute Gasteiger partial charge is 0.476 e. The zero-order valence-corrected chi connectivity index (χ0v) is 15.4. The first-order valence-electron chi connectivity index (χ1n) is 8.04. The smallest absolute Gasteiger partial charge is 0.350 e. The molecular formula is C19H16ClFN2O4. The van der Waals surface area contributed by atoms with Crippen molar-refractivity contribution in [2.75, 3.05) is 0 Å². The summed E-state index contributed by atoms with van der Waals surface area (Å²) in [5.74, 6) is -0.166. The second kappa shape index (κ2) is 7.75. The molecular weight excluding hydrogens is 375 g/mol. The molecule has 8 heteroatoms. The monoisotopic (exact) mass is 390 g/mol. The Morgan fingerprint density at radius 1 is 1.15 bits per heavy atom. The number of ether oxygens (including phenoxy) is 2. The molecule has 0 aliphatic heterocycles. The molecule has 0 unspecified atom stereocenters. The van der Waals surface area contributed by atoms with Crippen molar-refractivity contribution < 1.29 is 23.2 Å². The molecule has 0 amide bonds. The second-order valence-corrected chi connectivity index (χ2v) is 6.60. The van der Waals surface area contributed by atoms with Gasteiger partial charge in [0.1, 0.15) is 11.6 Å². The Morgan fingerprint density at radius 3 is 2.48 bits per heavy atom. The van der Waals surface area contributed by atoms with E-state index in [0.717, 1.165) is 5.56 Å². The maximum atomic E-state index is 13.0.